The lowest BCUT2D eigenvalue weighted by molar-refractivity contribution is 0.787. The van der Waals surface area contributed by atoms with Crippen molar-refractivity contribution < 1.29 is 0 Å². The third kappa shape index (κ3) is 3.14. The van der Waals surface area contributed by atoms with Gasteiger partial charge < -0.3 is 5.73 Å². The van der Waals surface area contributed by atoms with Crippen LogP contribution in [0.15, 0.2) is 48.5 Å². The number of hydrogen-bond donors (Lipinski definition) is 2. The van der Waals surface area contributed by atoms with Gasteiger partial charge in [0.2, 0.25) is 0 Å². The van der Waals surface area contributed by atoms with Crippen molar-refractivity contribution in [3.63, 3.8) is 0 Å². The van der Waals surface area contributed by atoms with Gasteiger partial charge in [0.15, 0.2) is 5.82 Å². The molecular weight excluding hydrogens is 375 g/mol. The maximum Gasteiger partial charge on any atom is 0.181 e. The van der Waals surface area contributed by atoms with Crippen LogP contribution in [0, 0.1) is 10.5 Å². The van der Waals surface area contributed by atoms with Crippen molar-refractivity contribution in [2.24, 2.45) is 5.73 Å². The predicted molar refractivity (Wildman–Crippen MR) is 91.7 cm³/mol. The highest BCUT2D eigenvalue weighted by molar-refractivity contribution is 14.1. The lowest BCUT2D eigenvalue weighted by Crippen LogP contribution is -2.13. The van der Waals surface area contributed by atoms with Crippen molar-refractivity contribution in [2.45, 2.75) is 13.0 Å². The molecule has 0 fully saturated rings. The molecule has 0 radical (unpaired) electrons. The van der Waals surface area contributed by atoms with Gasteiger partial charge in [0.05, 0.1) is 6.04 Å². The SMILES string of the molecule is Cc1ccc([C@@H](N)c2nc(-c3ccc(I)cc3)n[nH]2)cc1. The van der Waals surface area contributed by atoms with Crippen LogP contribution in [0.2, 0.25) is 0 Å². The number of nitrogens with two attached hydrogens (primary N) is 1. The molecule has 1 atom stereocenters. The van der Waals surface area contributed by atoms with Crippen molar-refractivity contribution in [3.8, 4) is 11.4 Å². The average Bonchev–Trinajstić information content (AvgIpc) is 2.98. The zero-order chi connectivity index (χ0) is 14.8. The molecule has 2 aromatic carbocycles. The lowest BCUT2D eigenvalue weighted by Gasteiger charge is -2.08. The van der Waals surface area contributed by atoms with Crippen molar-refractivity contribution in [1.82, 2.24) is 15.2 Å². The molecule has 106 valence electrons. The molecule has 0 unspecified atom stereocenters. The van der Waals surface area contributed by atoms with Crippen LogP contribution in [0.5, 0.6) is 0 Å². The van der Waals surface area contributed by atoms with Crippen LogP contribution >= 0.6 is 22.6 Å². The minimum absolute atomic E-state index is 0.296. The van der Waals surface area contributed by atoms with Crippen LogP contribution in [0.4, 0.5) is 0 Å². The summed E-state index contributed by atoms with van der Waals surface area (Å²) in [5.41, 5.74) is 9.46. The normalized spacial score (nSPS) is 12.3. The first-order valence-corrected chi connectivity index (χ1v) is 7.72. The number of halogens is 1. The molecule has 3 aromatic rings. The van der Waals surface area contributed by atoms with Gasteiger partial charge in [-0.05, 0) is 47.2 Å². The first-order chi connectivity index (χ1) is 10.1. The molecule has 0 bridgehead atoms. The highest BCUT2D eigenvalue weighted by Crippen LogP contribution is 2.21. The van der Waals surface area contributed by atoms with Crippen molar-refractivity contribution in [3.05, 3.63) is 69.1 Å². The van der Waals surface area contributed by atoms with Gasteiger partial charge in [-0.3, -0.25) is 5.10 Å². The van der Waals surface area contributed by atoms with E-state index in [1.165, 1.54) is 9.13 Å². The Morgan fingerprint density at radius 1 is 1.05 bits per heavy atom. The van der Waals surface area contributed by atoms with Crippen molar-refractivity contribution in [1.29, 1.82) is 0 Å². The Balaban J connectivity index is 1.87. The quantitative estimate of drug-likeness (QED) is 0.674. The minimum atomic E-state index is -0.296. The zero-order valence-electron chi connectivity index (χ0n) is 11.5. The smallest absolute Gasteiger partial charge is 0.181 e. The van der Waals surface area contributed by atoms with Crippen molar-refractivity contribution >= 4 is 22.6 Å². The highest BCUT2D eigenvalue weighted by atomic mass is 127. The summed E-state index contributed by atoms with van der Waals surface area (Å²) >= 11 is 2.27. The number of hydrogen-bond acceptors (Lipinski definition) is 3. The first-order valence-electron chi connectivity index (χ1n) is 6.64. The summed E-state index contributed by atoms with van der Waals surface area (Å²) < 4.78 is 1.18. The van der Waals surface area contributed by atoms with Crippen LogP contribution in [0.25, 0.3) is 11.4 Å². The summed E-state index contributed by atoms with van der Waals surface area (Å²) in [7, 11) is 0. The Morgan fingerprint density at radius 2 is 1.71 bits per heavy atom. The predicted octanol–water partition coefficient (Wildman–Crippen LogP) is 3.43. The van der Waals surface area contributed by atoms with E-state index in [0.29, 0.717) is 11.6 Å². The molecule has 0 aliphatic rings. The number of nitrogens with zero attached hydrogens (tertiary/aromatic N) is 2. The summed E-state index contributed by atoms with van der Waals surface area (Å²) in [4.78, 5) is 4.51. The average molecular weight is 390 g/mol. The number of aryl methyl sites for hydroxylation is 1. The third-order valence-corrected chi connectivity index (χ3v) is 4.06. The van der Waals surface area contributed by atoms with E-state index < -0.39 is 0 Å². The number of rotatable bonds is 3. The second-order valence-electron chi connectivity index (χ2n) is 4.94. The van der Waals surface area contributed by atoms with Crippen LogP contribution in [-0.4, -0.2) is 15.2 Å². The van der Waals surface area contributed by atoms with E-state index in [-0.39, 0.29) is 6.04 Å². The minimum Gasteiger partial charge on any atom is -0.318 e. The monoisotopic (exact) mass is 390 g/mol. The van der Waals surface area contributed by atoms with Gasteiger partial charge in [0.1, 0.15) is 5.82 Å². The topological polar surface area (TPSA) is 67.6 Å². The molecule has 0 aliphatic heterocycles. The zero-order valence-corrected chi connectivity index (χ0v) is 13.7. The number of benzene rings is 2. The van der Waals surface area contributed by atoms with Gasteiger partial charge in [-0.2, -0.15) is 5.10 Å². The van der Waals surface area contributed by atoms with Crippen LogP contribution in [0.1, 0.15) is 23.0 Å². The molecule has 0 spiro atoms. The number of H-pyrrole nitrogens is 1. The van der Waals surface area contributed by atoms with Crippen molar-refractivity contribution in [2.75, 3.05) is 0 Å². The van der Waals surface area contributed by atoms with Gasteiger partial charge in [-0.25, -0.2) is 4.98 Å². The van der Waals surface area contributed by atoms with E-state index in [1.807, 2.05) is 48.5 Å². The molecule has 1 heterocycles. The van der Waals surface area contributed by atoms with Crippen LogP contribution in [0.3, 0.4) is 0 Å². The Bertz CT molecular complexity index is 732. The molecule has 5 heteroatoms. The maximum absolute atomic E-state index is 6.25. The van der Waals surface area contributed by atoms with E-state index >= 15 is 0 Å². The summed E-state index contributed by atoms with van der Waals surface area (Å²) in [6.07, 6.45) is 0. The molecule has 3 N–H and O–H groups in total. The van der Waals surface area contributed by atoms with Crippen LogP contribution in [-0.2, 0) is 0 Å². The maximum atomic E-state index is 6.25. The fourth-order valence-electron chi connectivity index (χ4n) is 2.07. The second-order valence-corrected chi connectivity index (χ2v) is 6.19. The summed E-state index contributed by atoms with van der Waals surface area (Å²) in [5.74, 6) is 1.34. The van der Waals surface area contributed by atoms with E-state index in [2.05, 4.69) is 44.7 Å². The second kappa shape index (κ2) is 5.95. The van der Waals surface area contributed by atoms with Crippen LogP contribution < -0.4 is 5.73 Å². The van der Waals surface area contributed by atoms with Gasteiger partial charge in [0, 0.05) is 9.13 Å². The molecule has 0 saturated carbocycles. The summed E-state index contributed by atoms with van der Waals surface area (Å²) in [6, 6.07) is 15.9. The first kappa shape index (κ1) is 14.2. The standard InChI is InChI=1S/C16H15IN4/c1-10-2-4-11(5-3-10)14(18)16-19-15(20-21-16)12-6-8-13(17)9-7-12/h2-9,14H,18H2,1H3,(H,19,20,21)/t14-/m1/s1. The fourth-order valence-corrected chi connectivity index (χ4v) is 2.43. The molecule has 0 saturated heterocycles. The molecule has 0 amide bonds. The van der Waals surface area contributed by atoms with E-state index in [1.54, 1.807) is 0 Å². The molecule has 4 nitrogen and oxygen atoms in total. The van der Waals surface area contributed by atoms with E-state index in [9.17, 15) is 0 Å². The molecule has 1 aromatic heterocycles. The molecule has 0 aliphatic carbocycles. The number of aromatic amines is 1. The lowest BCUT2D eigenvalue weighted by atomic mass is 10.1. The Labute approximate surface area is 136 Å². The van der Waals surface area contributed by atoms with Gasteiger partial charge in [0.25, 0.3) is 0 Å². The molecule has 3 rings (SSSR count). The van der Waals surface area contributed by atoms with Gasteiger partial charge in [-0.1, -0.05) is 42.0 Å². The van der Waals surface area contributed by atoms with E-state index in [0.717, 1.165) is 11.1 Å². The fraction of sp³-hybridized carbons (Fsp3) is 0.125. The summed E-state index contributed by atoms with van der Waals surface area (Å²) in [5, 5.41) is 7.21. The molecular formula is C16H15IN4. The Hall–Kier alpha value is -1.73. The van der Waals surface area contributed by atoms with Gasteiger partial charge >= 0.3 is 0 Å². The number of nitrogens with one attached hydrogen (secondary N) is 1. The highest BCUT2D eigenvalue weighted by Gasteiger charge is 2.14. The Morgan fingerprint density at radius 3 is 2.38 bits per heavy atom. The molecule has 21 heavy (non-hydrogen) atoms. The largest absolute Gasteiger partial charge is 0.318 e. The number of aromatic nitrogens is 3. The summed E-state index contributed by atoms with van der Waals surface area (Å²) in [6.45, 7) is 2.05. The van der Waals surface area contributed by atoms with E-state index in [4.69, 9.17) is 5.73 Å². The third-order valence-electron chi connectivity index (χ3n) is 3.34. The Kier molecular flexibility index (Phi) is 4.03. The van der Waals surface area contributed by atoms with Gasteiger partial charge in [-0.15, -0.1) is 0 Å².